The highest BCUT2D eigenvalue weighted by atomic mass is 79.9. The van der Waals surface area contributed by atoms with Crippen molar-refractivity contribution in [2.24, 2.45) is 0 Å². The first kappa shape index (κ1) is 14.4. The summed E-state index contributed by atoms with van der Waals surface area (Å²) >= 11 is 3.02. The Morgan fingerprint density at radius 1 is 1.29 bits per heavy atom. The van der Waals surface area contributed by atoms with Gasteiger partial charge in [-0.15, -0.1) is 0 Å². The van der Waals surface area contributed by atoms with Crippen LogP contribution in [0, 0.1) is 0 Å². The molecular formula is C9H20BrNO2S. The minimum atomic E-state index is -3.09. The lowest BCUT2D eigenvalue weighted by atomic mass is 10.2. The fourth-order valence-corrected chi connectivity index (χ4v) is 3.26. The van der Waals surface area contributed by atoms with Crippen LogP contribution in [0.2, 0.25) is 0 Å². The molecule has 86 valence electrons. The van der Waals surface area contributed by atoms with Crippen LogP contribution in [0.4, 0.5) is 0 Å². The maximum atomic E-state index is 11.6. The van der Waals surface area contributed by atoms with Crippen LogP contribution in [0.3, 0.4) is 0 Å². The molecule has 0 amide bonds. The Labute approximate surface area is 96.0 Å². The average molecular weight is 286 g/mol. The lowest BCUT2D eigenvalue weighted by Gasteiger charge is -2.24. The number of nitrogens with zero attached hydrogens (tertiary/aromatic N) is 1. The van der Waals surface area contributed by atoms with E-state index < -0.39 is 10.0 Å². The molecule has 0 atom stereocenters. The number of unbranched alkanes of at least 4 members (excludes halogenated alkanes) is 2. The molecule has 0 aromatic carbocycles. The van der Waals surface area contributed by atoms with Gasteiger partial charge in [0.25, 0.3) is 0 Å². The Kier molecular flexibility index (Phi) is 6.99. The van der Waals surface area contributed by atoms with Crippen LogP contribution in [-0.2, 0) is 10.0 Å². The molecule has 0 spiro atoms. The standard InChI is InChI=1S/C9H20BrNO2S/c1-4-5-6-7-11(9(2)3)14(12,13)8-10/h9H,4-8H2,1-3H3. The lowest BCUT2D eigenvalue weighted by molar-refractivity contribution is 0.348. The predicted octanol–water partition coefficient (Wildman–Crippen LogP) is 2.57. The van der Waals surface area contributed by atoms with Crippen molar-refractivity contribution in [3.8, 4) is 0 Å². The molecule has 0 heterocycles. The molecule has 0 aromatic rings. The Bertz CT molecular complexity index is 239. The number of alkyl halides is 1. The highest BCUT2D eigenvalue weighted by Crippen LogP contribution is 2.11. The SMILES string of the molecule is CCCCCN(C(C)C)S(=O)(=O)CBr. The van der Waals surface area contributed by atoms with E-state index in [2.05, 4.69) is 22.9 Å². The Morgan fingerprint density at radius 3 is 2.21 bits per heavy atom. The second-order valence-electron chi connectivity index (χ2n) is 3.63. The third-order valence-electron chi connectivity index (χ3n) is 2.05. The minimum absolute atomic E-state index is 0.0182. The van der Waals surface area contributed by atoms with Gasteiger partial charge in [0, 0.05) is 12.6 Å². The normalized spacial score (nSPS) is 12.7. The predicted molar refractivity (Wildman–Crippen MR) is 64.1 cm³/mol. The molecule has 0 unspecified atom stereocenters. The van der Waals surface area contributed by atoms with E-state index in [1.54, 1.807) is 4.31 Å². The van der Waals surface area contributed by atoms with Gasteiger partial charge < -0.3 is 0 Å². The van der Waals surface area contributed by atoms with Crippen LogP contribution in [-0.4, -0.2) is 30.0 Å². The van der Waals surface area contributed by atoms with Gasteiger partial charge >= 0.3 is 0 Å². The van der Waals surface area contributed by atoms with Gasteiger partial charge in [-0.2, -0.15) is 4.31 Å². The number of hydrogen-bond acceptors (Lipinski definition) is 2. The van der Waals surface area contributed by atoms with E-state index in [-0.39, 0.29) is 10.7 Å². The van der Waals surface area contributed by atoms with E-state index in [0.29, 0.717) is 6.54 Å². The quantitative estimate of drug-likeness (QED) is 0.533. The van der Waals surface area contributed by atoms with Crippen molar-refractivity contribution in [1.29, 1.82) is 0 Å². The molecule has 0 aliphatic rings. The maximum Gasteiger partial charge on any atom is 0.224 e. The Balaban J connectivity index is 4.31. The van der Waals surface area contributed by atoms with Gasteiger partial charge in [-0.25, -0.2) is 8.42 Å². The molecule has 0 saturated carbocycles. The third-order valence-corrected chi connectivity index (χ3v) is 5.38. The molecule has 3 nitrogen and oxygen atoms in total. The zero-order valence-corrected chi connectivity index (χ0v) is 11.6. The molecule has 0 aromatic heterocycles. The summed E-state index contributed by atoms with van der Waals surface area (Å²) in [6.45, 7) is 6.57. The minimum Gasteiger partial charge on any atom is -0.211 e. The van der Waals surface area contributed by atoms with Gasteiger partial charge in [-0.05, 0) is 20.3 Å². The van der Waals surface area contributed by atoms with Gasteiger partial charge in [0.05, 0.1) is 0 Å². The van der Waals surface area contributed by atoms with Crippen LogP contribution < -0.4 is 0 Å². The van der Waals surface area contributed by atoms with E-state index in [0.717, 1.165) is 19.3 Å². The van der Waals surface area contributed by atoms with Crippen molar-refractivity contribution in [2.75, 3.05) is 11.2 Å². The molecule has 0 N–H and O–H groups in total. The van der Waals surface area contributed by atoms with Crippen molar-refractivity contribution < 1.29 is 8.42 Å². The topological polar surface area (TPSA) is 37.4 Å². The summed E-state index contributed by atoms with van der Waals surface area (Å²) in [7, 11) is -3.09. The Morgan fingerprint density at radius 2 is 1.86 bits per heavy atom. The first-order valence-corrected chi connectivity index (χ1v) is 7.74. The summed E-state index contributed by atoms with van der Waals surface area (Å²) in [5.41, 5.74) is 0. The molecule has 0 rings (SSSR count). The molecule has 14 heavy (non-hydrogen) atoms. The van der Waals surface area contributed by atoms with E-state index in [4.69, 9.17) is 0 Å². The van der Waals surface area contributed by atoms with E-state index >= 15 is 0 Å². The maximum absolute atomic E-state index is 11.6. The summed E-state index contributed by atoms with van der Waals surface area (Å²) in [5.74, 6) is 0. The number of hydrogen-bond donors (Lipinski definition) is 0. The molecule has 0 radical (unpaired) electrons. The van der Waals surface area contributed by atoms with Crippen molar-refractivity contribution >= 4 is 26.0 Å². The van der Waals surface area contributed by atoms with Crippen molar-refractivity contribution in [3.05, 3.63) is 0 Å². The van der Waals surface area contributed by atoms with Crippen molar-refractivity contribution in [3.63, 3.8) is 0 Å². The molecule has 5 heteroatoms. The first-order chi connectivity index (χ1) is 6.45. The summed E-state index contributed by atoms with van der Waals surface area (Å²) in [4.78, 5) is 0. The summed E-state index contributed by atoms with van der Waals surface area (Å²) in [5, 5.41) is 0. The average Bonchev–Trinajstić information content (AvgIpc) is 2.11. The summed E-state index contributed by atoms with van der Waals surface area (Å²) in [6.07, 6.45) is 3.14. The molecule has 0 saturated heterocycles. The van der Waals surface area contributed by atoms with Gasteiger partial charge in [-0.3, -0.25) is 0 Å². The van der Waals surface area contributed by atoms with Gasteiger partial charge in [0.2, 0.25) is 10.0 Å². The van der Waals surface area contributed by atoms with Gasteiger partial charge in [-0.1, -0.05) is 35.7 Å². The highest BCUT2D eigenvalue weighted by Gasteiger charge is 2.22. The first-order valence-electron chi connectivity index (χ1n) is 5.01. The van der Waals surface area contributed by atoms with E-state index in [1.165, 1.54) is 0 Å². The van der Waals surface area contributed by atoms with E-state index in [1.807, 2.05) is 13.8 Å². The van der Waals surface area contributed by atoms with Gasteiger partial charge in [0.15, 0.2) is 0 Å². The van der Waals surface area contributed by atoms with Crippen LogP contribution in [0.25, 0.3) is 0 Å². The molecule has 0 bridgehead atoms. The Hall–Kier alpha value is 0.390. The van der Waals surface area contributed by atoms with Gasteiger partial charge in [0.1, 0.15) is 4.66 Å². The van der Waals surface area contributed by atoms with Crippen molar-refractivity contribution in [1.82, 2.24) is 4.31 Å². The van der Waals surface area contributed by atoms with E-state index in [9.17, 15) is 8.42 Å². The lowest BCUT2D eigenvalue weighted by Crippen LogP contribution is -2.38. The second kappa shape index (κ2) is 6.80. The smallest absolute Gasteiger partial charge is 0.211 e. The molecular weight excluding hydrogens is 266 g/mol. The molecule has 0 aliphatic carbocycles. The van der Waals surface area contributed by atoms with Crippen LogP contribution >= 0.6 is 15.9 Å². The molecule has 0 fully saturated rings. The van der Waals surface area contributed by atoms with Crippen LogP contribution in [0.15, 0.2) is 0 Å². The number of halogens is 1. The third kappa shape index (κ3) is 4.75. The van der Waals surface area contributed by atoms with Crippen molar-refractivity contribution in [2.45, 2.75) is 46.1 Å². The number of sulfonamides is 1. The zero-order valence-electron chi connectivity index (χ0n) is 9.16. The second-order valence-corrected chi connectivity index (χ2v) is 6.86. The number of rotatable bonds is 7. The largest absolute Gasteiger partial charge is 0.224 e. The monoisotopic (exact) mass is 285 g/mol. The summed E-state index contributed by atoms with van der Waals surface area (Å²) in [6, 6.07) is 0.0504. The fourth-order valence-electron chi connectivity index (χ4n) is 1.30. The van der Waals surface area contributed by atoms with Crippen LogP contribution in [0.5, 0.6) is 0 Å². The zero-order chi connectivity index (χ0) is 11.2. The molecule has 0 aliphatic heterocycles. The van der Waals surface area contributed by atoms with Crippen LogP contribution in [0.1, 0.15) is 40.0 Å². The highest BCUT2D eigenvalue weighted by molar-refractivity contribution is 9.10. The summed E-state index contributed by atoms with van der Waals surface area (Å²) < 4.78 is 24.8. The fraction of sp³-hybridized carbons (Fsp3) is 1.00.